The molecule has 0 unspecified atom stereocenters. The number of aromatic nitrogens is 4. The van der Waals surface area contributed by atoms with Gasteiger partial charge in [-0.25, -0.2) is 9.97 Å². The van der Waals surface area contributed by atoms with Gasteiger partial charge in [-0.2, -0.15) is 0 Å². The summed E-state index contributed by atoms with van der Waals surface area (Å²) in [6.07, 6.45) is 1.70. The highest BCUT2D eigenvalue weighted by Gasteiger charge is 2.19. The van der Waals surface area contributed by atoms with Gasteiger partial charge in [-0.15, -0.1) is 0 Å². The van der Waals surface area contributed by atoms with Crippen LogP contribution in [0.25, 0.3) is 22.3 Å². The van der Waals surface area contributed by atoms with Gasteiger partial charge in [0.2, 0.25) is 5.88 Å². The summed E-state index contributed by atoms with van der Waals surface area (Å²) in [7, 11) is 3.23. The zero-order chi connectivity index (χ0) is 19.7. The first-order valence-electron chi connectivity index (χ1n) is 8.78. The van der Waals surface area contributed by atoms with Crippen molar-refractivity contribution in [3.05, 3.63) is 45.6 Å². The number of hydrogen-bond acceptors (Lipinski definition) is 6. The first-order chi connectivity index (χ1) is 12.9. The molecule has 1 atom stereocenters. The fourth-order valence-electron chi connectivity index (χ4n) is 3.33. The van der Waals surface area contributed by atoms with Crippen LogP contribution in [0.15, 0.2) is 23.1 Å². The summed E-state index contributed by atoms with van der Waals surface area (Å²) in [6.45, 7) is 7.95. The highest BCUT2D eigenvalue weighted by Crippen LogP contribution is 2.30. The molecule has 0 bridgehead atoms. The molecular formula is C20H24N4O3. The molecule has 0 spiro atoms. The molecule has 7 nitrogen and oxygen atoms in total. The molecule has 0 aliphatic rings. The van der Waals surface area contributed by atoms with Crippen LogP contribution in [-0.2, 0) is 4.74 Å². The monoisotopic (exact) mass is 368 g/mol. The van der Waals surface area contributed by atoms with Gasteiger partial charge in [-0.1, -0.05) is 0 Å². The maximum Gasteiger partial charge on any atom is 0.272 e. The van der Waals surface area contributed by atoms with Crippen LogP contribution in [0.4, 0.5) is 0 Å². The number of aryl methyl sites for hydroxylation is 3. The average Bonchev–Trinajstić information content (AvgIpc) is 2.64. The molecule has 7 heteroatoms. The topological polar surface area (TPSA) is 79.1 Å². The number of ether oxygens (including phenoxy) is 2. The van der Waals surface area contributed by atoms with Gasteiger partial charge in [-0.3, -0.25) is 14.3 Å². The second kappa shape index (κ2) is 7.44. The Morgan fingerprint density at radius 3 is 2.56 bits per heavy atom. The van der Waals surface area contributed by atoms with E-state index < -0.39 is 0 Å². The van der Waals surface area contributed by atoms with E-state index in [0.29, 0.717) is 29.4 Å². The molecule has 0 aliphatic carbocycles. The van der Waals surface area contributed by atoms with E-state index >= 15 is 0 Å². The molecular weight excluding hydrogens is 344 g/mol. The van der Waals surface area contributed by atoms with E-state index in [2.05, 4.69) is 15.0 Å². The Bertz CT molecular complexity index is 1060. The van der Waals surface area contributed by atoms with Crippen molar-refractivity contribution in [3.8, 4) is 17.1 Å². The standard InChI is InChI=1S/C20H24N4O3/c1-11-9-15(13(3)23-19(11)27-6)17-18-16(7-8-21-17)24(12(2)10-26-5)20(25)14(4)22-18/h7-9,12H,10H2,1-6H3/t12-/m0/s1. The third kappa shape index (κ3) is 3.30. The van der Waals surface area contributed by atoms with Crippen LogP contribution in [0.3, 0.4) is 0 Å². The van der Waals surface area contributed by atoms with Gasteiger partial charge < -0.3 is 9.47 Å². The van der Waals surface area contributed by atoms with E-state index in [4.69, 9.17) is 9.47 Å². The molecule has 142 valence electrons. The van der Waals surface area contributed by atoms with E-state index in [1.165, 1.54) is 0 Å². The maximum atomic E-state index is 12.7. The lowest BCUT2D eigenvalue weighted by Crippen LogP contribution is -2.29. The van der Waals surface area contributed by atoms with Crippen LogP contribution in [0.2, 0.25) is 0 Å². The minimum Gasteiger partial charge on any atom is -0.481 e. The van der Waals surface area contributed by atoms with Crippen molar-refractivity contribution in [2.45, 2.75) is 33.7 Å². The van der Waals surface area contributed by atoms with Gasteiger partial charge in [-0.05, 0) is 39.8 Å². The van der Waals surface area contributed by atoms with Crippen LogP contribution in [0.1, 0.15) is 29.9 Å². The van der Waals surface area contributed by atoms with Crippen LogP contribution in [0.5, 0.6) is 5.88 Å². The van der Waals surface area contributed by atoms with E-state index in [-0.39, 0.29) is 11.6 Å². The van der Waals surface area contributed by atoms with Gasteiger partial charge >= 0.3 is 0 Å². The fourth-order valence-corrected chi connectivity index (χ4v) is 3.33. The zero-order valence-electron chi connectivity index (χ0n) is 16.5. The molecule has 3 rings (SSSR count). The van der Waals surface area contributed by atoms with Crippen molar-refractivity contribution >= 4 is 11.0 Å². The van der Waals surface area contributed by atoms with Gasteiger partial charge in [0.25, 0.3) is 5.56 Å². The summed E-state index contributed by atoms with van der Waals surface area (Å²) in [6, 6.07) is 3.69. The third-order valence-electron chi connectivity index (χ3n) is 4.62. The SMILES string of the molecule is COC[C@H](C)n1c(=O)c(C)nc2c(-c3cc(C)c(OC)nc3C)nccc21. The molecule has 0 saturated heterocycles. The summed E-state index contributed by atoms with van der Waals surface area (Å²) in [5.41, 5.74) is 4.98. The lowest BCUT2D eigenvalue weighted by atomic mass is 10.1. The van der Waals surface area contributed by atoms with E-state index in [0.717, 1.165) is 22.3 Å². The minimum atomic E-state index is -0.126. The number of methoxy groups -OCH3 is 2. The number of pyridine rings is 2. The quantitative estimate of drug-likeness (QED) is 0.689. The Labute approximate surface area is 158 Å². The Morgan fingerprint density at radius 1 is 1.15 bits per heavy atom. The maximum absolute atomic E-state index is 12.7. The van der Waals surface area contributed by atoms with Crippen LogP contribution < -0.4 is 10.3 Å². The molecule has 27 heavy (non-hydrogen) atoms. The normalized spacial score (nSPS) is 12.4. The predicted molar refractivity (Wildman–Crippen MR) is 104 cm³/mol. The fraction of sp³-hybridized carbons (Fsp3) is 0.400. The second-order valence-corrected chi connectivity index (χ2v) is 6.65. The minimum absolute atomic E-state index is 0.120. The molecule has 3 heterocycles. The molecule has 3 aromatic heterocycles. The second-order valence-electron chi connectivity index (χ2n) is 6.65. The molecule has 0 N–H and O–H groups in total. The summed E-state index contributed by atoms with van der Waals surface area (Å²) >= 11 is 0. The zero-order valence-corrected chi connectivity index (χ0v) is 16.5. The molecule has 0 amide bonds. The first kappa shape index (κ1) is 19.0. The van der Waals surface area contributed by atoms with E-state index in [1.54, 1.807) is 31.9 Å². The molecule has 0 fully saturated rings. The Balaban J connectivity index is 2.34. The highest BCUT2D eigenvalue weighted by molar-refractivity contribution is 5.90. The van der Waals surface area contributed by atoms with Crippen molar-refractivity contribution in [1.82, 2.24) is 19.5 Å². The summed E-state index contributed by atoms with van der Waals surface area (Å²) < 4.78 is 12.3. The van der Waals surface area contributed by atoms with E-state index in [9.17, 15) is 4.79 Å². The van der Waals surface area contributed by atoms with Crippen molar-refractivity contribution < 1.29 is 9.47 Å². The molecule has 0 saturated carbocycles. The van der Waals surface area contributed by atoms with Crippen molar-refractivity contribution in [1.29, 1.82) is 0 Å². The number of fused-ring (bicyclic) bond motifs is 1. The van der Waals surface area contributed by atoms with Crippen LogP contribution >= 0.6 is 0 Å². The van der Waals surface area contributed by atoms with E-state index in [1.807, 2.05) is 32.9 Å². The largest absolute Gasteiger partial charge is 0.481 e. The van der Waals surface area contributed by atoms with Crippen molar-refractivity contribution in [3.63, 3.8) is 0 Å². The van der Waals surface area contributed by atoms with Crippen LogP contribution in [0, 0.1) is 20.8 Å². The van der Waals surface area contributed by atoms with Gasteiger partial charge in [0, 0.05) is 24.4 Å². The first-order valence-corrected chi connectivity index (χ1v) is 8.78. The van der Waals surface area contributed by atoms with Crippen LogP contribution in [-0.4, -0.2) is 40.3 Å². The van der Waals surface area contributed by atoms with Gasteiger partial charge in [0.05, 0.1) is 36.7 Å². The number of nitrogens with zero attached hydrogens (tertiary/aromatic N) is 4. The summed E-state index contributed by atoms with van der Waals surface area (Å²) in [5, 5.41) is 0. The number of rotatable bonds is 5. The van der Waals surface area contributed by atoms with Gasteiger partial charge in [0.15, 0.2) is 0 Å². The molecule has 3 aromatic rings. The molecule has 0 aromatic carbocycles. The Hall–Kier alpha value is -2.80. The molecule has 0 radical (unpaired) electrons. The Kier molecular flexibility index (Phi) is 5.23. The lowest BCUT2D eigenvalue weighted by Gasteiger charge is -2.19. The summed E-state index contributed by atoms with van der Waals surface area (Å²) in [4.78, 5) is 26.4. The summed E-state index contributed by atoms with van der Waals surface area (Å²) in [5.74, 6) is 0.589. The Morgan fingerprint density at radius 2 is 1.89 bits per heavy atom. The predicted octanol–water partition coefficient (Wildman–Crippen LogP) is 2.99. The smallest absolute Gasteiger partial charge is 0.272 e. The third-order valence-corrected chi connectivity index (χ3v) is 4.62. The van der Waals surface area contributed by atoms with Crippen molar-refractivity contribution in [2.75, 3.05) is 20.8 Å². The lowest BCUT2D eigenvalue weighted by molar-refractivity contribution is 0.162. The highest BCUT2D eigenvalue weighted by atomic mass is 16.5. The number of hydrogen-bond donors (Lipinski definition) is 0. The van der Waals surface area contributed by atoms with Crippen molar-refractivity contribution in [2.24, 2.45) is 0 Å². The van der Waals surface area contributed by atoms with Gasteiger partial charge in [0.1, 0.15) is 11.2 Å². The average molecular weight is 368 g/mol. The molecule has 0 aliphatic heterocycles.